The molecular formula is C15H14N2O4. The largest absolute Gasteiger partial charge is 0.485 e. The number of amides is 1. The second-order valence-corrected chi connectivity index (χ2v) is 4.55. The number of benzene rings is 1. The summed E-state index contributed by atoms with van der Waals surface area (Å²) >= 11 is 0. The van der Waals surface area contributed by atoms with Crippen molar-refractivity contribution in [3.8, 4) is 11.5 Å². The monoisotopic (exact) mass is 286 g/mol. The van der Waals surface area contributed by atoms with Crippen LogP contribution in [0.5, 0.6) is 11.5 Å². The van der Waals surface area contributed by atoms with E-state index in [4.69, 9.17) is 13.9 Å². The molecule has 1 atom stereocenters. The van der Waals surface area contributed by atoms with Crippen LogP contribution >= 0.6 is 0 Å². The molecule has 108 valence electrons. The number of nitrogens with zero attached hydrogens (tertiary/aromatic N) is 1. The molecule has 1 N–H and O–H groups in total. The van der Waals surface area contributed by atoms with E-state index in [-0.39, 0.29) is 12.5 Å². The Bertz CT molecular complexity index is 678. The highest BCUT2D eigenvalue weighted by atomic mass is 16.6. The Morgan fingerprint density at radius 3 is 2.86 bits per heavy atom. The quantitative estimate of drug-likeness (QED) is 0.690. The molecule has 0 spiro atoms. The first kappa shape index (κ1) is 13.2. The molecule has 0 bridgehead atoms. The van der Waals surface area contributed by atoms with Crippen LogP contribution < -0.4 is 14.9 Å². The fraction of sp³-hybridized carbons (Fsp3) is 0.200. The van der Waals surface area contributed by atoms with Gasteiger partial charge in [-0.05, 0) is 31.2 Å². The predicted molar refractivity (Wildman–Crippen MR) is 75.5 cm³/mol. The van der Waals surface area contributed by atoms with E-state index in [9.17, 15) is 4.79 Å². The summed E-state index contributed by atoms with van der Waals surface area (Å²) in [6, 6.07) is 10.8. The number of rotatable bonds is 3. The molecule has 6 heteroatoms. The first-order chi connectivity index (χ1) is 10.2. The molecule has 1 unspecified atom stereocenters. The third kappa shape index (κ3) is 3.05. The number of aryl methyl sites for hydroxylation is 1. The molecule has 6 nitrogen and oxygen atoms in total. The summed E-state index contributed by atoms with van der Waals surface area (Å²) in [6.07, 6.45) is 0.707. The van der Waals surface area contributed by atoms with Crippen molar-refractivity contribution < 1.29 is 18.7 Å². The van der Waals surface area contributed by atoms with Crippen LogP contribution in [-0.2, 0) is 4.79 Å². The molecule has 2 heterocycles. The lowest BCUT2D eigenvalue weighted by Crippen LogP contribution is -2.42. The van der Waals surface area contributed by atoms with Gasteiger partial charge >= 0.3 is 0 Å². The van der Waals surface area contributed by atoms with Crippen LogP contribution in [0.1, 0.15) is 11.5 Å². The fourth-order valence-electron chi connectivity index (χ4n) is 1.90. The number of nitrogens with one attached hydrogen (secondary N) is 1. The standard InChI is InChI=1S/C15H14N2O4/c1-10-6-7-11(20-10)8-16-17-15(18)14-9-19-12-4-2-3-5-13(12)21-14/h2-8,14H,9H2,1H3,(H,17,18). The van der Waals surface area contributed by atoms with Gasteiger partial charge in [0.25, 0.3) is 5.91 Å². The zero-order chi connectivity index (χ0) is 14.7. The third-order valence-electron chi connectivity index (χ3n) is 2.93. The molecule has 2 aromatic rings. The summed E-state index contributed by atoms with van der Waals surface area (Å²) in [7, 11) is 0. The van der Waals surface area contributed by atoms with Crippen molar-refractivity contribution in [2.24, 2.45) is 5.10 Å². The minimum atomic E-state index is -0.726. The zero-order valence-corrected chi connectivity index (χ0v) is 11.4. The number of carbonyl (C=O) groups excluding carboxylic acids is 1. The van der Waals surface area contributed by atoms with Crippen molar-refractivity contribution in [2.75, 3.05) is 6.61 Å². The number of ether oxygens (including phenoxy) is 2. The maximum Gasteiger partial charge on any atom is 0.284 e. The molecule has 0 saturated carbocycles. The average molecular weight is 286 g/mol. The SMILES string of the molecule is Cc1ccc(C=NNC(=O)C2COc3ccccc3O2)o1. The molecule has 1 aromatic heterocycles. The minimum Gasteiger partial charge on any atom is -0.485 e. The van der Waals surface area contributed by atoms with Crippen molar-refractivity contribution in [3.05, 3.63) is 47.9 Å². The number of carbonyl (C=O) groups is 1. The number of para-hydroxylation sites is 2. The minimum absolute atomic E-state index is 0.151. The maximum atomic E-state index is 11.9. The summed E-state index contributed by atoms with van der Waals surface area (Å²) in [6.45, 7) is 1.98. The Kier molecular flexibility index (Phi) is 3.59. The molecule has 1 aromatic carbocycles. The first-order valence-electron chi connectivity index (χ1n) is 6.50. The zero-order valence-electron chi connectivity index (χ0n) is 11.4. The lowest BCUT2D eigenvalue weighted by atomic mass is 10.2. The summed E-state index contributed by atoms with van der Waals surface area (Å²) < 4.78 is 16.3. The van der Waals surface area contributed by atoms with E-state index in [1.54, 1.807) is 18.2 Å². The van der Waals surface area contributed by atoms with Crippen LogP contribution in [0.3, 0.4) is 0 Å². The van der Waals surface area contributed by atoms with E-state index in [0.29, 0.717) is 17.3 Å². The smallest absolute Gasteiger partial charge is 0.284 e. The molecule has 0 saturated heterocycles. The molecule has 21 heavy (non-hydrogen) atoms. The number of hydrogen-bond donors (Lipinski definition) is 1. The van der Waals surface area contributed by atoms with Gasteiger partial charge in [0, 0.05) is 0 Å². The van der Waals surface area contributed by atoms with Crippen LogP contribution in [0, 0.1) is 6.92 Å². The van der Waals surface area contributed by atoms with Crippen LogP contribution in [-0.4, -0.2) is 24.8 Å². The van der Waals surface area contributed by atoms with Gasteiger partial charge in [0.15, 0.2) is 11.5 Å². The normalized spacial score (nSPS) is 16.9. The van der Waals surface area contributed by atoms with E-state index >= 15 is 0 Å². The van der Waals surface area contributed by atoms with Gasteiger partial charge < -0.3 is 13.9 Å². The highest BCUT2D eigenvalue weighted by molar-refractivity contribution is 5.83. The molecular weight excluding hydrogens is 272 g/mol. The highest BCUT2D eigenvalue weighted by Gasteiger charge is 2.26. The summed E-state index contributed by atoms with van der Waals surface area (Å²) in [5, 5.41) is 3.83. The van der Waals surface area contributed by atoms with E-state index in [2.05, 4.69) is 10.5 Å². The van der Waals surface area contributed by atoms with Gasteiger partial charge in [0.05, 0.1) is 6.21 Å². The van der Waals surface area contributed by atoms with E-state index in [1.165, 1.54) is 6.21 Å². The summed E-state index contributed by atoms with van der Waals surface area (Å²) in [5.74, 6) is 2.16. The number of fused-ring (bicyclic) bond motifs is 1. The lowest BCUT2D eigenvalue weighted by molar-refractivity contribution is -0.130. The van der Waals surface area contributed by atoms with Crippen LogP contribution in [0.25, 0.3) is 0 Å². The lowest BCUT2D eigenvalue weighted by Gasteiger charge is -2.24. The van der Waals surface area contributed by atoms with Gasteiger partial charge in [-0.1, -0.05) is 12.1 Å². The fourth-order valence-corrected chi connectivity index (χ4v) is 1.90. The summed E-state index contributed by atoms with van der Waals surface area (Å²) in [5.41, 5.74) is 2.41. The van der Waals surface area contributed by atoms with Gasteiger partial charge in [0.2, 0.25) is 6.10 Å². The molecule has 3 rings (SSSR count). The summed E-state index contributed by atoms with van der Waals surface area (Å²) in [4.78, 5) is 11.9. The Morgan fingerprint density at radius 2 is 2.10 bits per heavy atom. The molecule has 1 aliphatic rings. The van der Waals surface area contributed by atoms with Crippen molar-refractivity contribution in [1.29, 1.82) is 0 Å². The number of hydrogen-bond acceptors (Lipinski definition) is 5. The predicted octanol–water partition coefficient (Wildman–Crippen LogP) is 1.88. The second-order valence-electron chi connectivity index (χ2n) is 4.55. The highest BCUT2D eigenvalue weighted by Crippen LogP contribution is 2.30. The van der Waals surface area contributed by atoms with Gasteiger partial charge in [-0.3, -0.25) is 4.79 Å². The van der Waals surface area contributed by atoms with E-state index in [1.807, 2.05) is 25.1 Å². The molecule has 0 aliphatic carbocycles. The van der Waals surface area contributed by atoms with Crippen molar-refractivity contribution in [1.82, 2.24) is 5.43 Å². The number of furan rings is 1. The van der Waals surface area contributed by atoms with Crippen molar-refractivity contribution >= 4 is 12.1 Å². The maximum absolute atomic E-state index is 11.9. The Balaban J connectivity index is 1.58. The first-order valence-corrected chi connectivity index (χ1v) is 6.50. The van der Waals surface area contributed by atoms with Crippen molar-refractivity contribution in [3.63, 3.8) is 0 Å². The average Bonchev–Trinajstić information content (AvgIpc) is 2.92. The molecule has 0 fully saturated rings. The topological polar surface area (TPSA) is 73.1 Å². The second kappa shape index (κ2) is 5.70. The molecule has 1 aliphatic heterocycles. The van der Waals surface area contributed by atoms with E-state index in [0.717, 1.165) is 5.76 Å². The van der Waals surface area contributed by atoms with Gasteiger partial charge in [-0.2, -0.15) is 5.10 Å². The van der Waals surface area contributed by atoms with Crippen LogP contribution in [0.15, 0.2) is 45.9 Å². The Labute approximate surface area is 121 Å². The Morgan fingerprint density at radius 1 is 1.29 bits per heavy atom. The number of hydrazone groups is 1. The Hall–Kier alpha value is -2.76. The van der Waals surface area contributed by atoms with E-state index < -0.39 is 6.10 Å². The van der Waals surface area contributed by atoms with Crippen LogP contribution in [0.2, 0.25) is 0 Å². The van der Waals surface area contributed by atoms with Gasteiger partial charge in [0.1, 0.15) is 18.1 Å². The third-order valence-corrected chi connectivity index (χ3v) is 2.93. The van der Waals surface area contributed by atoms with Crippen molar-refractivity contribution in [2.45, 2.75) is 13.0 Å². The van der Waals surface area contributed by atoms with Gasteiger partial charge in [-0.25, -0.2) is 5.43 Å². The molecule has 1 amide bonds. The van der Waals surface area contributed by atoms with Gasteiger partial charge in [-0.15, -0.1) is 0 Å². The molecule has 0 radical (unpaired) electrons. The van der Waals surface area contributed by atoms with Crippen LogP contribution in [0.4, 0.5) is 0 Å².